The van der Waals surface area contributed by atoms with Crippen molar-refractivity contribution >= 4 is 11.9 Å². The molecule has 0 saturated heterocycles. The minimum Gasteiger partial charge on any atom is -0.481 e. The molecule has 0 aromatic heterocycles. The Morgan fingerprint density at radius 1 is 0.562 bits per heavy atom. The summed E-state index contributed by atoms with van der Waals surface area (Å²) in [6.45, 7) is 10.8. The maximum atomic E-state index is 13.5. The molecular formula is C28H54O4. The van der Waals surface area contributed by atoms with Gasteiger partial charge in [0.05, 0.1) is 17.4 Å². The van der Waals surface area contributed by atoms with E-state index in [9.17, 15) is 14.7 Å². The Morgan fingerprint density at radius 3 is 1.31 bits per heavy atom. The fourth-order valence-corrected chi connectivity index (χ4v) is 5.62. The first kappa shape index (κ1) is 30.9. The number of esters is 1. The zero-order valence-corrected chi connectivity index (χ0v) is 22.1. The molecular weight excluding hydrogens is 400 g/mol. The van der Waals surface area contributed by atoms with Crippen LogP contribution in [0.5, 0.6) is 0 Å². The van der Waals surface area contributed by atoms with E-state index in [-0.39, 0.29) is 5.97 Å². The normalized spacial score (nSPS) is 12.2. The first-order chi connectivity index (χ1) is 15.4. The van der Waals surface area contributed by atoms with Crippen LogP contribution in [-0.4, -0.2) is 23.7 Å². The molecule has 0 radical (unpaired) electrons. The Morgan fingerprint density at radius 2 is 0.938 bits per heavy atom. The molecule has 0 aliphatic heterocycles. The second-order valence-electron chi connectivity index (χ2n) is 9.79. The molecule has 190 valence electrons. The summed E-state index contributed by atoms with van der Waals surface area (Å²) >= 11 is 0. The van der Waals surface area contributed by atoms with E-state index < -0.39 is 16.8 Å². The monoisotopic (exact) mass is 454 g/mol. The molecule has 0 aromatic carbocycles. The Bertz CT molecular complexity index is 474. The van der Waals surface area contributed by atoms with E-state index in [4.69, 9.17) is 4.74 Å². The molecule has 0 amide bonds. The second kappa shape index (κ2) is 18.4. The van der Waals surface area contributed by atoms with E-state index in [0.29, 0.717) is 32.3 Å². The van der Waals surface area contributed by atoms with E-state index in [1.807, 2.05) is 27.7 Å². The topological polar surface area (TPSA) is 63.6 Å². The molecule has 0 saturated carbocycles. The molecule has 0 atom stereocenters. The van der Waals surface area contributed by atoms with E-state index in [0.717, 1.165) is 38.5 Å². The zero-order valence-electron chi connectivity index (χ0n) is 22.1. The highest BCUT2D eigenvalue weighted by atomic mass is 16.5. The standard InChI is InChI=1S/C28H54O4/c1-6-11-12-13-14-15-16-17-18-19-24-32-26(31)28(22-9-4,23-10-5)27(20-7-2,21-8-3)25(29)30/h6-24H2,1-5H3,(H,29,30). The van der Waals surface area contributed by atoms with Crippen molar-refractivity contribution in [3.63, 3.8) is 0 Å². The summed E-state index contributed by atoms with van der Waals surface area (Å²) in [5.74, 6) is -1.08. The minimum atomic E-state index is -1.03. The number of rotatable bonds is 22. The van der Waals surface area contributed by atoms with Gasteiger partial charge >= 0.3 is 11.9 Å². The number of carbonyl (C=O) groups excluding carboxylic acids is 1. The molecule has 32 heavy (non-hydrogen) atoms. The lowest BCUT2D eigenvalue weighted by atomic mass is 9.55. The van der Waals surface area contributed by atoms with Gasteiger partial charge in [0.2, 0.25) is 0 Å². The molecule has 0 aromatic rings. The van der Waals surface area contributed by atoms with Gasteiger partial charge in [-0.15, -0.1) is 0 Å². The van der Waals surface area contributed by atoms with Gasteiger partial charge in [-0.1, -0.05) is 118 Å². The lowest BCUT2D eigenvalue weighted by molar-refractivity contribution is -0.183. The number of hydrogen-bond donors (Lipinski definition) is 1. The van der Waals surface area contributed by atoms with Gasteiger partial charge in [-0.3, -0.25) is 9.59 Å². The van der Waals surface area contributed by atoms with Crippen molar-refractivity contribution in [2.45, 2.75) is 150 Å². The van der Waals surface area contributed by atoms with Gasteiger partial charge in [-0.2, -0.15) is 0 Å². The summed E-state index contributed by atoms with van der Waals surface area (Å²) in [4.78, 5) is 26.2. The highest BCUT2D eigenvalue weighted by Crippen LogP contribution is 2.53. The van der Waals surface area contributed by atoms with Crippen molar-refractivity contribution < 1.29 is 19.4 Å². The van der Waals surface area contributed by atoms with Crippen molar-refractivity contribution in [3.05, 3.63) is 0 Å². The third kappa shape index (κ3) is 9.43. The first-order valence-corrected chi connectivity index (χ1v) is 13.8. The molecule has 0 aliphatic carbocycles. The fraction of sp³-hybridized carbons (Fsp3) is 0.929. The van der Waals surface area contributed by atoms with Crippen molar-refractivity contribution in [1.29, 1.82) is 0 Å². The Kier molecular flexibility index (Phi) is 17.8. The van der Waals surface area contributed by atoms with Gasteiger partial charge in [0.15, 0.2) is 0 Å². The van der Waals surface area contributed by atoms with Crippen molar-refractivity contribution in [2.24, 2.45) is 10.8 Å². The number of unbranched alkanes of at least 4 members (excludes halogenated alkanes) is 9. The predicted octanol–water partition coefficient (Wildman–Crippen LogP) is 8.71. The lowest BCUT2D eigenvalue weighted by Crippen LogP contribution is -2.53. The van der Waals surface area contributed by atoms with Crippen LogP contribution in [0.25, 0.3) is 0 Å². The van der Waals surface area contributed by atoms with E-state index in [2.05, 4.69) is 6.92 Å². The highest BCUT2D eigenvalue weighted by Gasteiger charge is 2.59. The average molecular weight is 455 g/mol. The van der Waals surface area contributed by atoms with Crippen molar-refractivity contribution in [3.8, 4) is 0 Å². The van der Waals surface area contributed by atoms with Crippen LogP contribution in [-0.2, 0) is 14.3 Å². The third-order valence-electron chi connectivity index (χ3n) is 7.15. The highest BCUT2D eigenvalue weighted by molar-refractivity contribution is 5.87. The molecule has 0 spiro atoms. The van der Waals surface area contributed by atoms with Gasteiger partial charge in [-0.05, 0) is 32.1 Å². The molecule has 1 N–H and O–H groups in total. The van der Waals surface area contributed by atoms with E-state index in [1.165, 1.54) is 51.4 Å². The quantitative estimate of drug-likeness (QED) is 0.131. The number of carbonyl (C=O) groups is 2. The summed E-state index contributed by atoms with van der Waals surface area (Å²) in [5.41, 5.74) is -1.95. The number of hydrogen-bond acceptors (Lipinski definition) is 3. The predicted molar refractivity (Wildman–Crippen MR) is 135 cm³/mol. The molecule has 0 heterocycles. The Hall–Kier alpha value is -1.06. The number of carboxylic acid groups (broad SMARTS) is 1. The van der Waals surface area contributed by atoms with E-state index in [1.54, 1.807) is 0 Å². The molecule has 0 unspecified atom stereocenters. The van der Waals surface area contributed by atoms with Crippen LogP contribution < -0.4 is 0 Å². The van der Waals surface area contributed by atoms with Crippen LogP contribution in [0, 0.1) is 10.8 Å². The summed E-state index contributed by atoms with van der Waals surface area (Å²) in [7, 11) is 0. The van der Waals surface area contributed by atoms with Gasteiger partial charge in [0.25, 0.3) is 0 Å². The molecule has 0 fully saturated rings. The van der Waals surface area contributed by atoms with Gasteiger partial charge < -0.3 is 9.84 Å². The van der Waals surface area contributed by atoms with Gasteiger partial charge in [0, 0.05) is 0 Å². The number of ether oxygens (including phenoxy) is 1. The maximum Gasteiger partial charge on any atom is 0.313 e. The van der Waals surface area contributed by atoms with E-state index >= 15 is 0 Å². The minimum absolute atomic E-state index is 0.263. The average Bonchev–Trinajstić information content (AvgIpc) is 2.76. The van der Waals surface area contributed by atoms with Gasteiger partial charge in [-0.25, -0.2) is 0 Å². The van der Waals surface area contributed by atoms with Crippen LogP contribution in [0.1, 0.15) is 150 Å². The Balaban J connectivity index is 4.95. The summed E-state index contributed by atoms with van der Waals surface area (Å²) in [6.07, 6.45) is 17.7. The van der Waals surface area contributed by atoms with Crippen LogP contribution in [0.4, 0.5) is 0 Å². The van der Waals surface area contributed by atoms with Gasteiger partial charge in [0.1, 0.15) is 0 Å². The lowest BCUT2D eigenvalue weighted by Gasteiger charge is -2.46. The molecule has 0 bridgehead atoms. The summed E-state index contributed by atoms with van der Waals surface area (Å²) in [6, 6.07) is 0. The molecule has 0 rings (SSSR count). The van der Waals surface area contributed by atoms with Crippen molar-refractivity contribution in [2.75, 3.05) is 6.61 Å². The zero-order chi connectivity index (χ0) is 24.3. The van der Waals surface area contributed by atoms with Crippen LogP contribution in [0.3, 0.4) is 0 Å². The molecule has 4 nitrogen and oxygen atoms in total. The second-order valence-corrected chi connectivity index (χ2v) is 9.79. The number of carboxylic acids is 1. The van der Waals surface area contributed by atoms with Crippen LogP contribution in [0.15, 0.2) is 0 Å². The third-order valence-corrected chi connectivity index (χ3v) is 7.15. The molecule has 0 aliphatic rings. The smallest absolute Gasteiger partial charge is 0.313 e. The molecule has 4 heteroatoms. The van der Waals surface area contributed by atoms with Crippen LogP contribution in [0.2, 0.25) is 0 Å². The largest absolute Gasteiger partial charge is 0.481 e. The van der Waals surface area contributed by atoms with Crippen LogP contribution >= 0.6 is 0 Å². The SMILES string of the molecule is CCCCCCCCCCCCOC(=O)C(CCC)(CCC)C(CCC)(CCC)C(=O)O. The van der Waals surface area contributed by atoms with Crippen molar-refractivity contribution in [1.82, 2.24) is 0 Å². The fourth-order valence-electron chi connectivity index (χ4n) is 5.62. The maximum absolute atomic E-state index is 13.5. The summed E-state index contributed by atoms with van der Waals surface area (Å²) < 4.78 is 5.83. The number of aliphatic carboxylic acids is 1. The first-order valence-electron chi connectivity index (χ1n) is 13.8. The summed E-state index contributed by atoms with van der Waals surface area (Å²) in [5, 5.41) is 10.4. The Labute approximate surface area is 199 Å².